The van der Waals surface area contributed by atoms with Crippen LogP contribution in [0.2, 0.25) is 0 Å². The molecule has 138 valence electrons. The van der Waals surface area contributed by atoms with Gasteiger partial charge < -0.3 is 10.6 Å². The van der Waals surface area contributed by atoms with Crippen LogP contribution in [0.25, 0.3) is 10.9 Å². The van der Waals surface area contributed by atoms with E-state index in [9.17, 15) is 14.4 Å². The summed E-state index contributed by atoms with van der Waals surface area (Å²) in [5.41, 5.74) is 6.47. The van der Waals surface area contributed by atoms with E-state index in [1.807, 2.05) is 30.3 Å². The molecular formula is C20H20N4O3. The summed E-state index contributed by atoms with van der Waals surface area (Å²) in [4.78, 5) is 42.3. The minimum Gasteiger partial charge on any atom is -0.370 e. The number of aromatic nitrogens is 2. The highest BCUT2D eigenvalue weighted by molar-refractivity contribution is 5.79. The fourth-order valence-electron chi connectivity index (χ4n) is 2.81. The van der Waals surface area contributed by atoms with E-state index < -0.39 is 5.91 Å². The predicted molar refractivity (Wildman–Crippen MR) is 102 cm³/mol. The van der Waals surface area contributed by atoms with Crippen LogP contribution in [0.4, 0.5) is 0 Å². The number of benzene rings is 2. The maximum atomic E-state index is 12.8. The van der Waals surface area contributed by atoms with E-state index in [0.29, 0.717) is 17.4 Å². The van der Waals surface area contributed by atoms with Crippen molar-refractivity contribution in [3.05, 3.63) is 76.8 Å². The maximum absolute atomic E-state index is 12.8. The van der Waals surface area contributed by atoms with Gasteiger partial charge in [0.05, 0.1) is 17.2 Å². The van der Waals surface area contributed by atoms with Crippen LogP contribution in [0.5, 0.6) is 0 Å². The Morgan fingerprint density at radius 3 is 2.48 bits per heavy atom. The first kappa shape index (κ1) is 18.3. The maximum Gasteiger partial charge on any atom is 0.261 e. The number of para-hydroxylation sites is 1. The number of carbonyl (C=O) groups is 2. The molecule has 2 amide bonds. The first-order valence-electron chi connectivity index (χ1n) is 8.59. The average molecular weight is 364 g/mol. The highest BCUT2D eigenvalue weighted by Gasteiger charge is 2.17. The monoisotopic (exact) mass is 364 g/mol. The first-order valence-corrected chi connectivity index (χ1v) is 8.59. The fourth-order valence-corrected chi connectivity index (χ4v) is 2.81. The van der Waals surface area contributed by atoms with E-state index >= 15 is 0 Å². The molecule has 0 radical (unpaired) electrons. The molecule has 0 unspecified atom stereocenters. The van der Waals surface area contributed by atoms with Gasteiger partial charge in [0.15, 0.2) is 0 Å². The lowest BCUT2D eigenvalue weighted by Crippen LogP contribution is -2.38. The molecular weight excluding hydrogens is 344 g/mol. The van der Waals surface area contributed by atoms with Gasteiger partial charge in [-0.2, -0.15) is 0 Å². The molecule has 2 aromatic carbocycles. The van der Waals surface area contributed by atoms with Crippen molar-refractivity contribution in [2.75, 3.05) is 6.54 Å². The summed E-state index contributed by atoms with van der Waals surface area (Å²) >= 11 is 0. The van der Waals surface area contributed by atoms with Gasteiger partial charge in [0.1, 0.15) is 6.54 Å². The van der Waals surface area contributed by atoms with Gasteiger partial charge in [-0.3, -0.25) is 19.0 Å². The summed E-state index contributed by atoms with van der Waals surface area (Å²) in [5.74, 6) is -0.760. The van der Waals surface area contributed by atoms with Crippen LogP contribution in [-0.4, -0.2) is 32.8 Å². The molecule has 2 N–H and O–H groups in total. The molecule has 0 atom stereocenters. The Morgan fingerprint density at radius 2 is 1.74 bits per heavy atom. The van der Waals surface area contributed by atoms with Crippen LogP contribution >= 0.6 is 0 Å². The van der Waals surface area contributed by atoms with Gasteiger partial charge in [-0.05, 0) is 17.7 Å². The van der Waals surface area contributed by atoms with Gasteiger partial charge in [0.2, 0.25) is 11.8 Å². The topological polar surface area (TPSA) is 98.3 Å². The Morgan fingerprint density at radius 1 is 1.04 bits per heavy atom. The number of nitrogens with two attached hydrogens (primary N) is 1. The summed E-state index contributed by atoms with van der Waals surface area (Å²) in [6.07, 6.45) is 1.43. The Balaban J connectivity index is 1.82. The van der Waals surface area contributed by atoms with E-state index in [0.717, 1.165) is 5.56 Å². The second kappa shape index (κ2) is 8.27. The lowest BCUT2D eigenvalue weighted by molar-refractivity contribution is -0.133. The molecule has 7 nitrogen and oxygen atoms in total. The molecule has 0 fully saturated rings. The molecule has 1 heterocycles. The van der Waals surface area contributed by atoms with E-state index in [-0.39, 0.29) is 31.0 Å². The summed E-state index contributed by atoms with van der Waals surface area (Å²) in [5, 5.41) is 0.458. The third kappa shape index (κ3) is 4.58. The number of primary amides is 1. The van der Waals surface area contributed by atoms with E-state index in [4.69, 9.17) is 5.73 Å². The van der Waals surface area contributed by atoms with Crippen LogP contribution in [0.15, 0.2) is 65.7 Å². The second-order valence-corrected chi connectivity index (χ2v) is 6.21. The number of amides is 2. The summed E-state index contributed by atoms with van der Waals surface area (Å²) in [7, 11) is 0. The molecule has 3 aromatic rings. The normalized spacial score (nSPS) is 10.7. The molecule has 3 rings (SSSR count). The second-order valence-electron chi connectivity index (χ2n) is 6.21. The lowest BCUT2D eigenvalue weighted by Gasteiger charge is -2.23. The third-order valence-electron chi connectivity index (χ3n) is 4.23. The Bertz CT molecular complexity index is 1010. The minimum atomic E-state index is -0.481. The standard InChI is InChI=1S/C20H20N4O3/c21-18(25)10-11-23(12-15-6-2-1-3-7-15)19(26)13-24-14-22-17-9-5-4-8-16(17)20(24)27/h1-9,14H,10-13H2,(H2,21,25). The van der Waals surface area contributed by atoms with Crippen molar-refractivity contribution in [1.82, 2.24) is 14.5 Å². The minimum absolute atomic E-state index is 0.0590. The van der Waals surface area contributed by atoms with Gasteiger partial charge in [-0.25, -0.2) is 4.98 Å². The van der Waals surface area contributed by atoms with Crippen molar-refractivity contribution in [3.63, 3.8) is 0 Å². The molecule has 0 bridgehead atoms. The number of carbonyl (C=O) groups excluding carboxylic acids is 2. The summed E-state index contributed by atoms with van der Waals surface area (Å²) in [6, 6.07) is 16.4. The van der Waals surface area contributed by atoms with E-state index in [1.165, 1.54) is 15.8 Å². The smallest absolute Gasteiger partial charge is 0.261 e. The molecule has 1 aromatic heterocycles. The average Bonchev–Trinajstić information content (AvgIpc) is 2.68. The molecule has 0 saturated heterocycles. The quantitative estimate of drug-likeness (QED) is 0.683. The zero-order valence-corrected chi connectivity index (χ0v) is 14.7. The first-order chi connectivity index (χ1) is 13.0. The Labute approximate surface area is 156 Å². The molecule has 0 aliphatic carbocycles. The molecule has 0 aliphatic heterocycles. The van der Waals surface area contributed by atoms with E-state index in [1.54, 1.807) is 24.3 Å². The van der Waals surface area contributed by atoms with Gasteiger partial charge in [0.25, 0.3) is 5.56 Å². The summed E-state index contributed by atoms with van der Waals surface area (Å²) in [6.45, 7) is 0.379. The zero-order valence-electron chi connectivity index (χ0n) is 14.7. The highest BCUT2D eigenvalue weighted by Crippen LogP contribution is 2.08. The Kier molecular flexibility index (Phi) is 5.61. The fraction of sp³-hybridized carbons (Fsp3) is 0.200. The number of hydrogen-bond acceptors (Lipinski definition) is 4. The largest absolute Gasteiger partial charge is 0.370 e. The third-order valence-corrected chi connectivity index (χ3v) is 4.23. The molecule has 0 aliphatic rings. The van der Waals surface area contributed by atoms with Gasteiger partial charge >= 0.3 is 0 Å². The van der Waals surface area contributed by atoms with Crippen molar-refractivity contribution >= 4 is 22.7 Å². The Hall–Kier alpha value is -3.48. The van der Waals surface area contributed by atoms with Gasteiger partial charge in [-0.1, -0.05) is 42.5 Å². The van der Waals surface area contributed by atoms with Crippen LogP contribution in [-0.2, 0) is 22.7 Å². The zero-order chi connectivity index (χ0) is 19.2. The summed E-state index contributed by atoms with van der Waals surface area (Å²) < 4.78 is 1.28. The van der Waals surface area contributed by atoms with Crippen LogP contribution in [0.1, 0.15) is 12.0 Å². The highest BCUT2D eigenvalue weighted by atomic mass is 16.2. The van der Waals surface area contributed by atoms with E-state index in [2.05, 4.69) is 4.98 Å². The molecule has 7 heteroatoms. The molecule has 0 saturated carbocycles. The number of fused-ring (bicyclic) bond motifs is 1. The van der Waals surface area contributed by atoms with Crippen molar-refractivity contribution in [1.29, 1.82) is 0 Å². The SMILES string of the molecule is NC(=O)CCN(Cc1ccccc1)C(=O)Cn1cnc2ccccc2c1=O. The number of hydrogen-bond donors (Lipinski definition) is 1. The van der Waals surface area contributed by atoms with Crippen molar-refractivity contribution in [2.24, 2.45) is 5.73 Å². The molecule has 0 spiro atoms. The van der Waals surface area contributed by atoms with Crippen LogP contribution in [0, 0.1) is 0 Å². The lowest BCUT2D eigenvalue weighted by atomic mass is 10.2. The van der Waals surface area contributed by atoms with Crippen LogP contribution in [0.3, 0.4) is 0 Å². The predicted octanol–water partition coefficient (Wildman–Crippen LogP) is 1.30. The van der Waals surface area contributed by atoms with Crippen molar-refractivity contribution in [3.8, 4) is 0 Å². The van der Waals surface area contributed by atoms with Gasteiger partial charge in [-0.15, -0.1) is 0 Å². The van der Waals surface area contributed by atoms with Gasteiger partial charge in [0, 0.05) is 19.5 Å². The molecule has 27 heavy (non-hydrogen) atoms. The number of rotatable bonds is 7. The number of nitrogens with zero attached hydrogens (tertiary/aromatic N) is 3. The van der Waals surface area contributed by atoms with Crippen molar-refractivity contribution in [2.45, 2.75) is 19.5 Å². The van der Waals surface area contributed by atoms with Crippen LogP contribution < -0.4 is 11.3 Å². The van der Waals surface area contributed by atoms with Crippen molar-refractivity contribution < 1.29 is 9.59 Å².